The van der Waals surface area contributed by atoms with Crippen LogP contribution in [0.3, 0.4) is 0 Å². The van der Waals surface area contributed by atoms with Crippen molar-refractivity contribution in [1.82, 2.24) is 10.4 Å². The summed E-state index contributed by atoms with van der Waals surface area (Å²) >= 11 is 0. The van der Waals surface area contributed by atoms with E-state index >= 15 is 0 Å². The molecule has 0 aliphatic rings. The smallest absolute Gasteiger partial charge is 0.419 e. The zero-order valence-corrected chi connectivity index (χ0v) is 9.09. The first-order valence-corrected chi connectivity index (χ1v) is 4.50. The van der Waals surface area contributed by atoms with E-state index in [0.717, 1.165) is 6.54 Å². The highest BCUT2D eigenvalue weighted by molar-refractivity contribution is 5.63. The lowest BCUT2D eigenvalue weighted by molar-refractivity contribution is 0.0574. The molecule has 4 heteroatoms. The van der Waals surface area contributed by atoms with Gasteiger partial charge in [0.2, 0.25) is 0 Å². The van der Waals surface area contributed by atoms with Crippen molar-refractivity contribution >= 4 is 6.09 Å². The van der Waals surface area contributed by atoms with Crippen molar-refractivity contribution in [3.63, 3.8) is 0 Å². The van der Waals surface area contributed by atoms with Crippen molar-refractivity contribution in [3.05, 3.63) is 0 Å². The van der Waals surface area contributed by atoms with Crippen LogP contribution in [0.5, 0.6) is 0 Å². The van der Waals surface area contributed by atoms with Gasteiger partial charge in [0.05, 0.1) is 0 Å². The molecule has 0 rings (SSSR count). The lowest BCUT2D eigenvalue weighted by atomic mass is 10.1. The fraction of sp³-hybridized carbons (Fsp3) is 0.889. The standard InChI is InChI=1S/C9H20N2O2/c1-7(2)6-11(9(3,4)5)10-8(12)13/h7,10H,6H2,1-5H3,(H,12,13). The van der Waals surface area contributed by atoms with Crippen LogP contribution in [0.1, 0.15) is 34.6 Å². The molecule has 0 bridgehead atoms. The predicted molar refractivity (Wildman–Crippen MR) is 52.5 cm³/mol. The van der Waals surface area contributed by atoms with Gasteiger partial charge in [0.25, 0.3) is 0 Å². The molecule has 0 aromatic carbocycles. The summed E-state index contributed by atoms with van der Waals surface area (Å²) < 4.78 is 0. The third-order valence-corrected chi connectivity index (χ3v) is 1.59. The fourth-order valence-electron chi connectivity index (χ4n) is 0.968. The van der Waals surface area contributed by atoms with Gasteiger partial charge in [-0.15, -0.1) is 0 Å². The SMILES string of the molecule is CC(C)CN(NC(=O)O)C(C)(C)C. The molecule has 0 fully saturated rings. The molecular formula is C9H20N2O2. The minimum atomic E-state index is -1.00. The van der Waals surface area contributed by atoms with Gasteiger partial charge in [0.15, 0.2) is 0 Å². The quantitative estimate of drug-likeness (QED) is 0.665. The number of hydrogen-bond donors (Lipinski definition) is 2. The molecule has 4 nitrogen and oxygen atoms in total. The van der Waals surface area contributed by atoms with Crippen LogP contribution in [0.2, 0.25) is 0 Å². The second-order valence-electron chi connectivity index (χ2n) is 4.59. The molecule has 0 aliphatic heterocycles. The molecule has 78 valence electrons. The Morgan fingerprint density at radius 2 is 1.92 bits per heavy atom. The Hall–Kier alpha value is -0.770. The zero-order valence-electron chi connectivity index (χ0n) is 9.09. The first kappa shape index (κ1) is 12.2. The molecule has 2 N–H and O–H groups in total. The average Bonchev–Trinajstić information content (AvgIpc) is 1.81. The Kier molecular flexibility index (Phi) is 4.20. The van der Waals surface area contributed by atoms with Crippen LogP contribution in [0.15, 0.2) is 0 Å². The number of nitrogens with one attached hydrogen (secondary N) is 1. The molecule has 0 aromatic heterocycles. The third kappa shape index (κ3) is 5.47. The number of amides is 1. The van der Waals surface area contributed by atoms with Gasteiger partial charge in [0.1, 0.15) is 0 Å². The van der Waals surface area contributed by atoms with Gasteiger partial charge < -0.3 is 5.11 Å². The van der Waals surface area contributed by atoms with Crippen LogP contribution < -0.4 is 5.43 Å². The van der Waals surface area contributed by atoms with E-state index in [9.17, 15) is 4.79 Å². The van der Waals surface area contributed by atoms with Crippen molar-refractivity contribution in [2.75, 3.05) is 6.54 Å². The number of carboxylic acid groups (broad SMARTS) is 1. The number of rotatable bonds is 3. The fourth-order valence-corrected chi connectivity index (χ4v) is 0.968. The van der Waals surface area contributed by atoms with Gasteiger partial charge in [-0.05, 0) is 26.7 Å². The molecule has 0 atom stereocenters. The van der Waals surface area contributed by atoms with Crippen LogP contribution in [-0.2, 0) is 0 Å². The Morgan fingerprint density at radius 3 is 2.15 bits per heavy atom. The first-order valence-electron chi connectivity index (χ1n) is 4.50. The van der Waals surface area contributed by atoms with E-state index in [1.54, 1.807) is 5.01 Å². The van der Waals surface area contributed by atoms with Crippen LogP contribution in [-0.4, -0.2) is 28.3 Å². The monoisotopic (exact) mass is 188 g/mol. The predicted octanol–water partition coefficient (Wildman–Crippen LogP) is 1.93. The molecular weight excluding hydrogens is 168 g/mol. The van der Waals surface area contributed by atoms with Crippen LogP contribution in [0.25, 0.3) is 0 Å². The van der Waals surface area contributed by atoms with Crippen molar-refractivity contribution in [2.24, 2.45) is 5.92 Å². The van der Waals surface area contributed by atoms with Crippen LogP contribution in [0, 0.1) is 5.92 Å². The maximum atomic E-state index is 10.5. The molecule has 0 saturated heterocycles. The molecule has 0 unspecified atom stereocenters. The summed E-state index contributed by atoms with van der Waals surface area (Å²) in [6.07, 6.45) is -1.00. The van der Waals surface area contributed by atoms with E-state index in [4.69, 9.17) is 5.11 Å². The lowest BCUT2D eigenvalue weighted by Crippen LogP contribution is -2.53. The van der Waals surface area contributed by atoms with Crippen LogP contribution >= 0.6 is 0 Å². The molecule has 0 radical (unpaired) electrons. The summed E-state index contributed by atoms with van der Waals surface area (Å²) in [5.41, 5.74) is 2.22. The van der Waals surface area contributed by atoms with Gasteiger partial charge in [-0.2, -0.15) is 0 Å². The highest BCUT2D eigenvalue weighted by atomic mass is 16.4. The van der Waals surface area contributed by atoms with E-state index in [1.165, 1.54) is 0 Å². The molecule has 0 saturated carbocycles. The Morgan fingerprint density at radius 1 is 1.46 bits per heavy atom. The maximum absolute atomic E-state index is 10.5. The van der Waals surface area contributed by atoms with E-state index < -0.39 is 6.09 Å². The number of hydrazine groups is 1. The van der Waals surface area contributed by atoms with Crippen molar-refractivity contribution in [2.45, 2.75) is 40.2 Å². The van der Waals surface area contributed by atoms with Crippen molar-refractivity contribution in [1.29, 1.82) is 0 Å². The third-order valence-electron chi connectivity index (χ3n) is 1.59. The Labute approximate surface area is 79.9 Å². The van der Waals surface area contributed by atoms with E-state index in [-0.39, 0.29) is 5.54 Å². The Bertz CT molecular complexity index is 173. The zero-order chi connectivity index (χ0) is 10.6. The van der Waals surface area contributed by atoms with Gasteiger partial charge in [-0.3, -0.25) is 5.43 Å². The lowest BCUT2D eigenvalue weighted by Gasteiger charge is -2.35. The van der Waals surface area contributed by atoms with Gasteiger partial charge in [0, 0.05) is 12.1 Å². The number of hydrogen-bond acceptors (Lipinski definition) is 2. The van der Waals surface area contributed by atoms with Crippen molar-refractivity contribution in [3.8, 4) is 0 Å². The molecule has 1 amide bonds. The highest BCUT2D eigenvalue weighted by Gasteiger charge is 2.23. The summed E-state index contributed by atoms with van der Waals surface area (Å²) in [5, 5.41) is 10.3. The van der Waals surface area contributed by atoms with Gasteiger partial charge in [-0.1, -0.05) is 13.8 Å². The van der Waals surface area contributed by atoms with Crippen molar-refractivity contribution < 1.29 is 9.90 Å². The second-order valence-corrected chi connectivity index (χ2v) is 4.59. The van der Waals surface area contributed by atoms with E-state index in [0.29, 0.717) is 5.92 Å². The Balaban J connectivity index is 4.28. The summed E-state index contributed by atoms with van der Waals surface area (Å²) in [4.78, 5) is 10.5. The molecule has 0 aliphatic carbocycles. The number of carbonyl (C=O) groups is 1. The van der Waals surface area contributed by atoms with Crippen LogP contribution in [0.4, 0.5) is 4.79 Å². The van der Waals surface area contributed by atoms with Gasteiger partial charge in [-0.25, -0.2) is 9.80 Å². The summed E-state index contributed by atoms with van der Waals surface area (Å²) in [6.45, 7) is 10.8. The summed E-state index contributed by atoms with van der Waals surface area (Å²) in [7, 11) is 0. The molecule has 0 spiro atoms. The summed E-state index contributed by atoms with van der Waals surface area (Å²) in [6, 6.07) is 0. The average molecular weight is 188 g/mol. The minimum Gasteiger partial charge on any atom is -0.464 e. The van der Waals surface area contributed by atoms with Gasteiger partial charge >= 0.3 is 6.09 Å². The second kappa shape index (κ2) is 4.46. The molecule has 0 heterocycles. The van der Waals surface area contributed by atoms with E-state index in [2.05, 4.69) is 19.3 Å². The topological polar surface area (TPSA) is 52.6 Å². The normalized spacial score (nSPS) is 12.2. The number of nitrogens with zero attached hydrogens (tertiary/aromatic N) is 1. The minimum absolute atomic E-state index is 0.178. The molecule has 13 heavy (non-hydrogen) atoms. The summed E-state index contributed by atoms with van der Waals surface area (Å²) in [5.74, 6) is 0.436. The maximum Gasteiger partial charge on any atom is 0.419 e. The first-order chi connectivity index (χ1) is 5.73. The largest absolute Gasteiger partial charge is 0.464 e. The highest BCUT2D eigenvalue weighted by Crippen LogP contribution is 2.12. The van der Waals surface area contributed by atoms with E-state index in [1.807, 2.05) is 20.8 Å². The molecule has 0 aromatic rings.